The number of carbonyl (C=O) groups excluding carboxylic acids is 1. The molecule has 128 valence electrons. The maximum Gasteiger partial charge on any atom is 0.314 e. The first-order valence-electron chi connectivity index (χ1n) is 7.80. The second-order valence-corrected chi connectivity index (χ2v) is 6.55. The van der Waals surface area contributed by atoms with Gasteiger partial charge in [0.05, 0.1) is 29.8 Å². The molecule has 0 aliphatic carbocycles. The molecule has 0 saturated heterocycles. The van der Waals surface area contributed by atoms with Crippen molar-refractivity contribution in [1.29, 1.82) is 0 Å². The lowest BCUT2D eigenvalue weighted by atomic mass is 9.82. The fourth-order valence-corrected chi connectivity index (χ4v) is 2.49. The summed E-state index contributed by atoms with van der Waals surface area (Å²) in [6, 6.07) is 0. The molecule has 1 aliphatic heterocycles. The molecular weight excluding hydrogens is 288 g/mol. The minimum Gasteiger partial charge on any atom is -0.462 e. The van der Waals surface area contributed by atoms with Gasteiger partial charge in [-0.2, -0.15) is 0 Å². The number of carbonyl (C=O) groups is 1. The van der Waals surface area contributed by atoms with Gasteiger partial charge in [-0.15, -0.1) is 0 Å². The van der Waals surface area contributed by atoms with E-state index in [1.54, 1.807) is 0 Å². The Balaban J connectivity index is 2.94. The van der Waals surface area contributed by atoms with Crippen molar-refractivity contribution in [1.82, 2.24) is 0 Å². The van der Waals surface area contributed by atoms with Crippen LogP contribution in [0.3, 0.4) is 0 Å². The summed E-state index contributed by atoms with van der Waals surface area (Å²) in [6.07, 6.45) is -0.350. The largest absolute Gasteiger partial charge is 0.462 e. The highest BCUT2D eigenvalue weighted by molar-refractivity contribution is 5.77. The lowest BCUT2D eigenvalue weighted by molar-refractivity contribution is -0.172. The average Bonchev–Trinajstić information content (AvgIpc) is 2.42. The van der Waals surface area contributed by atoms with Crippen molar-refractivity contribution in [3.05, 3.63) is 12.2 Å². The molecule has 1 rings (SSSR count). The maximum atomic E-state index is 12.3. The highest BCUT2D eigenvalue weighted by Crippen LogP contribution is 2.29. The van der Waals surface area contributed by atoms with Crippen LogP contribution >= 0.6 is 0 Å². The maximum absolute atomic E-state index is 12.3. The van der Waals surface area contributed by atoms with Gasteiger partial charge in [-0.1, -0.05) is 25.5 Å². The SMILES string of the molecule is CCC[C@H](O)C[C@@H]1C[C@H](O)/C=C\[C@H](O)[C@H](O)C(C)(C)C(=O)O1. The van der Waals surface area contributed by atoms with Crippen LogP contribution in [0.4, 0.5) is 0 Å². The zero-order chi connectivity index (χ0) is 16.9. The molecule has 0 aromatic rings. The topological polar surface area (TPSA) is 107 Å². The number of hydrogen-bond donors (Lipinski definition) is 4. The van der Waals surface area contributed by atoms with Gasteiger partial charge in [-0.05, 0) is 20.3 Å². The van der Waals surface area contributed by atoms with Crippen LogP contribution in [0, 0.1) is 5.41 Å². The molecule has 1 aliphatic rings. The zero-order valence-electron chi connectivity index (χ0n) is 13.5. The Bertz CT molecular complexity index is 392. The summed E-state index contributed by atoms with van der Waals surface area (Å²) in [7, 11) is 0. The quantitative estimate of drug-likeness (QED) is 0.445. The van der Waals surface area contributed by atoms with Crippen LogP contribution in [-0.2, 0) is 9.53 Å². The van der Waals surface area contributed by atoms with Crippen molar-refractivity contribution in [2.45, 2.75) is 77.0 Å². The Morgan fingerprint density at radius 2 is 1.95 bits per heavy atom. The summed E-state index contributed by atoms with van der Waals surface area (Å²) in [5.41, 5.74) is -1.29. The minimum absolute atomic E-state index is 0.141. The summed E-state index contributed by atoms with van der Waals surface area (Å²) in [6.45, 7) is 4.93. The molecule has 1 heterocycles. The molecule has 0 amide bonds. The summed E-state index contributed by atoms with van der Waals surface area (Å²) in [4.78, 5) is 12.3. The third-order valence-corrected chi connectivity index (χ3v) is 4.05. The molecule has 6 nitrogen and oxygen atoms in total. The van der Waals surface area contributed by atoms with Crippen LogP contribution in [0.1, 0.15) is 46.5 Å². The van der Waals surface area contributed by atoms with Crippen LogP contribution < -0.4 is 0 Å². The fraction of sp³-hybridized carbons (Fsp3) is 0.812. The third-order valence-electron chi connectivity index (χ3n) is 4.05. The zero-order valence-corrected chi connectivity index (χ0v) is 13.5. The van der Waals surface area contributed by atoms with E-state index in [1.165, 1.54) is 26.0 Å². The van der Waals surface area contributed by atoms with Crippen molar-refractivity contribution >= 4 is 5.97 Å². The smallest absolute Gasteiger partial charge is 0.314 e. The molecule has 6 heteroatoms. The van der Waals surface area contributed by atoms with Crippen LogP contribution in [0.25, 0.3) is 0 Å². The second kappa shape index (κ2) is 8.06. The van der Waals surface area contributed by atoms with E-state index in [4.69, 9.17) is 4.74 Å². The van der Waals surface area contributed by atoms with Gasteiger partial charge >= 0.3 is 5.97 Å². The highest BCUT2D eigenvalue weighted by atomic mass is 16.5. The summed E-state index contributed by atoms with van der Waals surface area (Å²) in [5, 5.41) is 39.8. The van der Waals surface area contributed by atoms with Crippen molar-refractivity contribution in [3.63, 3.8) is 0 Å². The molecule has 0 saturated carbocycles. The van der Waals surface area contributed by atoms with Gasteiger partial charge in [0, 0.05) is 12.8 Å². The number of hydrogen-bond acceptors (Lipinski definition) is 6. The van der Waals surface area contributed by atoms with E-state index in [-0.39, 0.29) is 12.8 Å². The van der Waals surface area contributed by atoms with Gasteiger partial charge in [0.1, 0.15) is 6.10 Å². The van der Waals surface area contributed by atoms with Crippen LogP contribution in [-0.4, -0.2) is 56.9 Å². The molecule has 0 aromatic heterocycles. The Morgan fingerprint density at radius 3 is 2.55 bits per heavy atom. The number of aliphatic hydroxyl groups excluding tert-OH is 4. The highest BCUT2D eigenvalue weighted by Gasteiger charge is 2.42. The summed E-state index contributed by atoms with van der Waals surface area (Å²) >= 11 is 0. The lowest BCUT2D eigenvalue weighted by Gasteiger charge is -2.34. The van der Waals surface area contributed by atoms with Gasteiger partial charge in [-0.25, -0.2) is 0 Å². The summed E-state index contributed by atoms with van der Waals surface area (Å²) in [5.74, 6) is -0.657. The normalized spacial score (nSPS) is 35.5. The van der Waals surface area contributed by atoms with E-state index in [1.807, 2.05) is 6.92 Å². The van der Waals surface area contributed by atoms with Crippen molar-refractivity contribution < 1.29 is 30.0 Å². The molecular formula is C16H28O6. The Morgan fingerprint density at radius 1 is 1.32 bits per heavy atom. The monoisotopic (exact) mass is 316 g/mol. The number of rotatable bonds is 4. The molecule has 0 bridgehead atoms. The van der Waals surface area contributed by atoms with Crippen LogP contribution in [0.5, 0.6) is 0 Å². The first-order valence-corrected chi connectivity index (χ1v) is 7.80. The predicted octanol–water partition coefficient (Wildman–Crippen LogP) is 0.518. The van der Waals surface area contributed by atoms with Crippen molar-refractivity contribution in [2.75, 3.05) is 0 Å². The lowest BCUT2D eigenvalue weighted by Crippen LogP contribution is -2.47. The molecule has 0 spiro atoms. The van der Waals surface area contributed by atoms with E-state index >= 15 is 0 Å². The summed E-state index contributed by atoms with van der Waals surface area (Å²) < 4.78 is 5.38. The van der Waals surface area contributed by atoms with E-state index in [0.717, 1.165) is 6.42 Å². The third kappa shape index (κ3) is 5.05. The molecule has 0 radical (unpaired) electrons. The Kier molecular flexibility index (Phi) is 6.99. The molecule has 4 N–H and O–H groups in total. The van der Waals surface area contributed by atoms with E-state index in [9.17, 15) is 25.2 Å². The second-order valence-electron chi connectivity index (χ2n) is 6.55. The van der Waals surface area contributed by atoms with Gasteiger partial charge in [0.15, 0.2) is 0 Å². The molecule has 0 fully saturated rings. The standard InChI is InChI=1S/C16H28O6/c1-4-5-10(17)8-12-9-11(18)6-7-13(19)14(20)16(2,3)15(21)22-12/h6-7,10-14,17-20H,4-5,8-9H2,1-3H3/b7-6-/t10-,11+,12+,13-,14-/m0/s1. The molecule has 22 heavy (non-hydrogen) atoms. The van der Waals surface area contributed by atoms with Crippen molar-refractivity contribution in [3.8, 4) is 0 Å². The minimum atomic E-state index is -1.34. The molecule has 0 aromatic carbocycles. The first kappa shape index (κ1) is 19.1. The Labute approximate surface area is 131 Å². The molecule has 0 unspecified atom stereocenters. The van der Waals surface area contributed by atoms with Gasteiger partial charge in [0.2, 0.25) is 0 Å². The first-order chi connectivity index (χ1) is 10.2. The van der Waals surface area contributed by atoms with Crippen LogP contribution in [0.15, 0.2) is 12.2 Å². The van der Waals surface area contributed by atoms with Gasteiger partial charge in [-0.3, -0.25) is 4.79 Å². The fourth-order valence-electron chi connectivity index (χ4n) is 2.49. The van der Waals surface area contributed by atoms with E-state index in [2.05, 4.69) is 0 Å². The number of cyclic esters (lactones) is 1. The predicted molar refractivity (Wildman–Crippen MR) is 81.0 cm³/mol. The average molecular weight is 316 g/mol. The Hall–Kier alpha value is -0.950. The van der Waals surface area contributed by atoms with E-state index in [0.29, 0.717) is 6.42 Å². The van der Waals surface area contributed by atoms with E-state index < -0.39 is 41.9 Å². The van der Waals surface area contributed by atoms with Crippen LogP contribution in [0.2, 0.25) is 0 Å². The molecule has 5 atom stereocenters. The van der Waals surface area contributed by atoms with Gasteiger partial charge < -0.3 is 25.2 Å². The number of ether oxygens (including phenoxy) is 1. The number of aliphatic hydroxyl groups is 4. The van der Waals surface area contributed by atoms with Crippen molar-refractivity contribution in [2.24, 2.45) is 5.41 Å². The van der Waals surface area contributed by atoms with Gasteiger partial charge in [0.25, 0.3) is 0 Å². The number of esters is 1.